The van der Waals surface area contributed by atoms with Gasteiger partial charge in [0.15, 0.2) is 0 Å². The minimum Gasteiger partial charge on any atom is -0.466 e. The number of aromatic nitrogens is 2. The van der Waals surface area contributed by atoms with Gasteiger partial charge in [-0.15, -0.1) is 0 Å². The smallest absolute Gasteiger partial charge is 0.259 e. The number of benzene rings is 2. The molecule has 5 heteroatoms. The zero-order valence-electron chi connectivity index (χ0n) is 14.9. The molecule has 0 radical (unpaired) electrons. The van der Waals surface area contributed by atoms with Gasteiger partial charge in [0.25, 0.3) is 5.91 Å². The molecule has 0 fully saturated rings. The van der Waals surface area contributed by atoms with Gasteiger partial charge in [0, 0.05) is 16.8 Å². The number of hydrogen-bond acceptors (Lipinski definition) is 3. The van der Waals surface area contributed by atoms with Crippen LogP contribution in [0, 0.1) is 20.8 Å². The second-order valence-corrected chi connectivity index (χ2v) is 6.35. The highest BCUT2D eigenvalue weighted by Gasteiger charge is 2.18. The number of furan rings is 1. The fraction of sp³-hybridized carbons (Fsp3) is 0.143. The van der Waals surface area contributed by atoms with Gasteiger partial charge < -0.3 is 14.7 Å². The summed E-state index contributed by atoms with van der Waals surface area (Å²) in [5.41, 5.74) is 5.10. The predicted molar refractivity (Wildman–Crippen MR) is 102 cm³/mol. The number of amides is 1. The van der Waals surface area contributed by atoms with E-state index in [4.69, 9.17) is 4.42 Å². The van der Waals surface area contributed by atoms with Crippen molar-refractivity contribution in [3.05, 3.63) is 71.2 Å². The monoisotopic (exact) mass is 345 g/mol. The van der Waals surface area contributed by atoms with Gasteiger partial charge in [0.2, 0.25) is 0 Å². The molecule has 0 saturated carbocycles. The average Bonchev–Trinajstić information content (AvgIpc) is 3.16. The number of imidazole rings is 1. The number of carbonyl (C=O) groups is 1. The standard InChI is InChI=1S/C21H19N3O2/c1-12-13(2)26-14(3)19(12)21(25)22-16-10-8-15(9-11-16)20-23-17-6-4-5-7-18(17)24-20/h4-11H,1-3H3,(H,22,25)(H,23,24). The third kappa shape index (κ3) is 2.77. The molecule has 4 rings (SSSR count). The maximum Gasteiger partial charge on any atom is 0.259 e. The van der Waals surface area contributed by atoms with Gasteiger partial charge in [0.1, 0.15) is 17.3 Å². The summed E-state index contributed by atoms with van der Waals surface area (Å²) >= 11 is 0. The molecule has 2 aromatic heterocycles. The number of nitrogens with one attached hydrogen (secondary N) is 2. The van der Waals surface area contributed by atoms with E-state index in [1.54, 1.807) is 6.92 Å². The zero-order chi connectivity index (χ0) is 18.3. The van der Waals surface area contributed by atoms with E-state index in [-0.39, 0.29) is 5.91 Å². The number of aryl methyl sites for hydroxylation is 2. The fourth-order valence-corrected chi connectivity index (χ4v) is 3.12. The third-order valence-electron chi connectivity index (χ3n) is 4.59. The number of rotatable bonds is 3. The SMILES string of the molecule is Cc1oc(C)c(C(=O)Nc2ccc(-c3nc4ccccc4[nH]3)cc2)c1C. The summed E-state index contributed by atoms with van der Waals surface area (Å²) in [6.45, 7) is 5.56. The van der Waals surface area contributed by atoms with Crippen LogP contribution in [-0.4, -0.2) is 15.9 Å². The number of para-hydroxylation sites is 2. The Kier molecular flexibility index (Phi) is 3.84. The Morgan fingerprint density at radius 1 is 1.00 bits per heavy atom. The Bertz CT molecular complexity index is 1070. The fourth-order valence-electron chi connectivity index (χ4n) is 3.12. The molecule has 2 N–H and O–H groups in total. The number of fused-ring (bicyclic) bond motifs is 1. The Hall–Kier alpha value is -3.34. The molecule has 2 aromatic carbocycles. The van der Waals surface area contributed by atoms with Gasteiger partial charge in [-0.1, -0.05) is 12.1 Å². The first-order valence-corrected chi connectivity index (χ1v) is 8.46. The molecule has 4 aromatic rings. The Morgan fingerprint density at radius 3 is 2.38 bits per heavy atom. The van der Waals surface area contributed by atoms with Crippen LogP contribution in [0.15, 0.2) is 52.9 Å². The Labute approximate surface area is 151 Å². The highest BCUT2D eigenvalue weighted by Crippen LogP contribution is 2.24. The van der Waals surface area contributed by atoms with Crippen molar-refractivity contribution in [2.75, 3.05) is 5.32 Å². The zero-order valence-corrected chi connectivity index (χ0v) is 14.9. The summed E-state index contributed by atoms with van der Waals surface area (Å²) in [6, 6.07) is 15.5. The van der Waals surface area contributed by atoms with E-state index >= 15 is 0 Å². The summed E-state index contributed by atoms with van der Waals surface area (Å²) in [5, 5.41) is 2.93. The molecule has 130 valence electrons. The lowest BCUT2D eigenvalue weighted by molar-refractivity contribution is 0.102. The van der Waals surface area contributed by atoms with Gasteiger partial charge >= 0.3 is 0 Å². The van der Waals surface area contributed by atoms with Crippen LogP contribution in [0.2, 0.25) is 0 Å². The number of aromatic amines is 1. The van der Waals surface area contributed by atoms with Crippen molar-refractivity contribution in [3.63, 3.8) is 0 Å². The quantitative estimate of drug-likeness (QED) is 0.549. The van der Waals surface area contributed by atoms with Gasteiger partial charge in [-0.25, -0.2) is 4.98 Å². The normalized spacial score (nSPS) is 11.0. The van der Waals surface area contributed by atoms with E-state index in [0.29, 0.717) is 11.3 Å². The van der Waals surface area contributed by atoms with Crippen LogP contribution in [0.1, 0.15) is 27.4 Å². The first-order chi connectivity index (χ1) is 12.5. The van der Waals surface area contributed by atoms with E-state index in [0.717, 1.165) is 39.4 Å². The van der Waals surface area contributed by atoms with E-state index in [1.807, 2.05) is 62.4 Å². The average molecular weight is 345 g/mol. The maximum atomic E-state index is 12.6. The summed E-state index contributed by atoms with van der Waals surface area (Å²) < 4.78 is 5.54. The van der Waals surface area contributed by atoms with Crippen molar-refractivity contribution in [1.82, 2.24) is 9.97 Å². The molecule has 0 atom stereocenters. The van der Waals surface area contributed by atoms with Crippen molar-refractivity contribution in [2.45, 2.75) is 20.8 Å². The van der Waals surface area contributed by atoms with E-state index < -0.39 is 0 Å². The number of carbonyl (C=O) groups excluding carboxylic acids is 1. The van der Waals surface area contributed by atoms with E-state index in [1.165, 1.54) is 0 Å². The first kappa shape index (κ1) is 16.1. The van der Waals surface area contributed by atoms with Crippen LogP contribution < -0.4 is 5.32 Å². The second-order valence-electron chi connectivity index (χ2n) is 6.35. The summed E-state index contributed by atoms with van der Waals surface area (Å²) in [7, 11) is 0. The summed E-state index contributed by atoms with van der Waals surface area (Å²) in [6.07, 6.45) is 0. The van der Waals surface area contributed by atoms with E-state index in [9.17, 15) is 4.79 Å². The summed E-state index contributed by atoms with van der Waals surface area (Å²) in [4.78, 5) is 20.4. The van der Waals surface area contributed by atoms with E-state index in [2.05, 4.69) is 15.3 Å². The van der Waals surface area contributed by atoms with Gasteiger partial charge in [-0.05, 0) is 57.2 Å². The lowest BCUT2D eigenvalue weighted by atomic mass is 10.1. The van der Waals surface area contributed by atoms with Crippen molar-refractivity contribution in [1.29, 1.82) is 0 Å². The largest absolute Gasteiger partial charge is 0.466 e. The highest BCUT2D eigenvalue weighted by molar-refractivity contribution is 6.06. The molecular weight excluding hydrogens is 326 g/mol. The number of anilines is 1. The molecule has 0 unspecified atom stereocenters. The highest BCUT2D eigenvalue weighted by atomic mass is 16.3. The lowest BCUT2D eigenvalue weighted by Gasteiger charge is -2.06. The third-order valence-corrected chi connectivity index (χ3v) is 4.59. The van der Waals surface area contributed by atoms with Crippen molar-refractivity contribution >= 4 is 22.6 Å². The topological polar surface area (TPSA) is 70.9 Å². The molecule has 2 heterocycles. The Balaban J connectivity index is 1.57. The maximum absolute atomic E-state index is 12.6. The van der Waals surface area contributed by atoms with Gasteiger partial charge in [-0.2, -0.15) is 0 Å². The molecular formula is C21H19N3O2. The first-order valence-electron chi connectivity index (χ1n) is 8.46. The number of nitrogens with zero attached hydrogens (tertiary/aromatic N) is 1. The summed E-state index contributed by atoms with van der Waals surface area (Å²) in [5.74, 6) is 2.05. The minimum atomic E-state index is -0.159. The molecule has 5 nitrogen and oxygen atoms in total. The van der Waals surface area contributed by atoms with Crippen LogP contribution in [0.3, 0.4) is 0 Å². The van der Waals surface area contributed by atoms with Crippen LogP contribution in [0.5, 0.6) is 0 Å². The van der Waals surface area contributed by atoms with Crippen LogP contribution in [0.25, 0.3) is 22.4 Å². The second kappa shape index (κ2) is 6.19. The molecule has 0 spiro atoms. The molecule has 0 aliphatic rings. The van der Waals surface area contributed by atoms with Crippen LogP contribution in [0.4, 0.5) is 5.69 Å². The number of hydrogen-bond donors (Lipinski definition) is 2. The van der Waals surface area contributed by atoms with Crippen molar-refractivity contribution in [3.8, 4) is 11.4 Å². The molecule has 0 bridgehead atoms. The predicted octanol–water partition coefficient (Wildman–Crippen LogP) is 5.00. The van der Waals surface area contributed by atoms with Crippen LogP contribution in [-0.2, 0) is 0 Å². The van der Waals surface area contributed by atoms with Crippen LogP contribution >= 0.6 is 0 Å². The molecule has 1 amide bonds. The minimum absolute atomic E-state index is 0.159. The Morgan fingerprint density at radius 2 is 1.73 bits per heavy atom. The van der Waals surface area contributed by atoms with Crippen molar-refractivity contribution in [2.24, 2.45) is 0 Å². The molecule has 26 heavy (non-hydrogen) atoms. The van der Waals surface area contributed by atoms with Gasteiger partial charge in [0.05, 0.1) is 16.6 Å². The molecule has 0 aliphatic carbocycles. The molecule has 0 saturated heterocycles. The number of H-pyrrole nitrogens is 1. The lowest BCUT2D eigenvalue weighted by Crippen LogP contribution is -2.13. The molecule has 0 aliphatic heterocycles. The van der Waals surface area contributed by atoms with Crippen molar-refractivity contribution < 1.29 is 9.21 Å². The van der Waals surface area contributed by atoms with Gasteiger partial charge in [-0.3, -0.25) is 4.79 Å².